The highest BCUT2D eigenvalue weighted by molar-refractivity contribution is 9.10. The van der Waals surface area contributed by atoms with E-state index in [1.807, 2.05) is 0 Å². The van der Waals surface area contributed by atoms with Crippen LogP contribution in [-0.4, -0.2) is 11.0 Å². The van der Waals surface area contributed by atoms with Crippen LogP contribution >= 0.6 is 15.9 Å². The number of rotatable bonds is 2. The molecular formula is C4H3BrF4. The highest BCUT2D eigenvalue weighted by atomic mass is 79.9. The summed E-state index contributed by atoms with van der Waals surface area (Å²) in [7, 11) is 0. The number of hydrogen-bond donors (Lipinski definition) is 0. The number of allylic oxidation sites excluding steroid dienone is 1. The molecule has 0 saturated heterocycles. The second-order valence-electron chi connectivity index (χ2n) is 1.26. The molecule has 5 heteroatoms. The van der Waals surface area contributed by atoms with E-state index in [0.717, 1.165) is 0 Å². The van der Waals surface area contributed by atoms with Gasteiger partial charge in [0.2, 0.25) is 0 Å². The molecule has 54 valence electrons. The van der Waals surface area contributed by atoms with Crippen molar-refractivity contribution in [3.05, 3.63) is 12.4 Å². The summed E-state index contributed by atoms with van der Waals surface area (Å²) in [6.07, 6.45) is -2.75. The fourth-order valence-electron chi connectivity index (χ4n) is 0.173. The Morgan fingerprint density at radius 2 is 1.89 bits per heavy atom. The van der Waals surface area contributed by atoms with Crippen molar-refractivity contribution in [3.63, 3.8) is 0 Å². The lowest BCUT2D eigenvalue weighted by atomic mass is 10.4. The fourth-order valence-corrected chi connectivity index (χ4v) is 0.326. The van der Waals surface area contributed by atoms with E-state index in [1.54, 1.807) is 15.9 Å². The first-order valence-corrected chi connectivity index (χ1v) is 2.75. The van der Waals surface area contributed by atoms with E-state index in [2.05, 4.69) is 0 Å². The van der Waals surface area contributed by atoms with Crippen molar-refractivity contribution in [2.75, 3.05) is 0 Å². The van der Waals surface area contributed by atoms with Crippen molar-refractivity contribution >= 4 is 15.9 Å². The van der Waals surface area contributed by atoms with E-state index in [4.69, 9.17) is 0 Å². The van der Waals surface area contributed by atoms with E-state index in [-0.39, 0.29) is 12.4 Å². The summed E-state index contributed by atoms with van der Waals surface area (Å²) < 4.78 is 46.0. The normalized spacial score (nSPS) is 16.6. The third-order valence-corrected chi connectivity index (χ3v) is 0.992. The Hall–Kier alpha value is -0.0600. The van der Waals surface area contributed by atoms with Gasteiger partial charge in [0, 0.05) is 0 Å². The van der Waals surface area contributed by atoms with Crippen LogP contribution in [0, 0.1) is 0 Å². The van der Waals surface area contributed by atoms with Crippen molar-refractivity contribution < 1.29 is 17.6 Å². The molecule has 9 heavy (non-hydrogen) atoms. The maximum absolute atomic E-state index is 11.8. The molecular weight excluding hydrogens is 204 g/mol. The van der Waals surface area contributed by atoms with Gasteiger partial charge in [-0.25, -0.2) is 8.78 Å². The minimum absolute atomic E-state index is 0.120. The van der Waals surface area contributed by atoms with E-state index in [0.29, 0.717) is 0 Å². The third-order valence-electron chi connectivity index (χ3n) is 0.554. The molecule has 0 N–H and O–H groups in total. The molecule has 0 saturated carbocycles. The molecule has 0 bridgehead atoms. The molecule has 0 aromatic heterocycles. The fraction of sp³-hybridized carbons (Fsp3) is 0.500. The van der Waals surface area contributed by atoms with Gasteiger partial charge in [0.05, 0.1) is 6.33 Å². The predicted molar refractivity (Wildman–Crippen MR) is 29.0 cm³/mol. The first-order valence-electron chi connectivity index (χ1n) is 1.96. The van der Waals surface area contributed by atoms with Crippen LogP contribution in [0.25, 0.3) is 0 Å². The predicted octanol–water partition coefficient (Wildman–Crippen LogP) is 2.80. The summed E-state index contributed by atoms with van der Waals surface area (Å²) in [6.45, 7) is 0. The largest absolute Gasteiger partial charge is 0.335 e. The van der Waals surface area contributed by atoms with Crippen LogP contribution in [0.3, 0.4) is 0 Å². The molecule has 0 rings (SSSR count). The molecule has 0 nitrogen and oxygen atoms in total. The molecule has 0 aromatic carbocycles. The Balaban J connectivity index is 3.88. The highest BCUT2D eigenvalue weighted by Crippen LogP contribution is 2.29. The SMILES string of the molecule is FC=CC(F)C(F)(F)Br. The van der Waals surface area contributed by atoms with E-state index in [9.17, 15) is 17.6 Å². The van der Waals surface area contributed by atoms with Gasteiger partial charge in [-0.2, -0.15) is 8.78 Å². The molecule has 0 amide bonds. The first kappa shape index (κ1) is 8.94. The first-order chi connectivity index (χ1) is 3.98. The molecule has 1 atom stereocenters. The minimum Gasteiger partial charge on any atom is -0.235 e. The maximum Gasteiger partial charge on any atom is 0.335 e. The van der Waals surface area contributed by atoms with Crippen LogP contribution in [0.15, 0.2) is 12.4 Å². The monoisotopic (exact) mass is 206 g/mol. The molecule has 1 unspecified atom stereocenters. The molecule has 0 aliphatic heterocycles. The third kappa shape index (κ3) is 3.51. The topological polar surface area (TPSA) is 0 Å². The lowest BCUT2D eigenvalue weighted by molar-refractivity contribution is 0.0452. The van der Waals surface area contributed by atoms with Gasteiger partial charge in [0.25, 0.3) is 0 Å². The van der Waals surface area contributed by atoms with Crippen LogP contribution in [0.2, 0.25) is 0 Å². The average molecular weight is 207 g/mol. The van der Waals surface area contributed by atoms with Gasteiger partial charge in [0.1, 0.15) is 0 Å². The Kier molecular flexibility index (Phi) is 3.17. The van der Waals surface area contributed by atoms with Crippen molar-refractivity contribution in [3.8, 4) is 0 Å². The Bertz CT molecular complexity index is 106. The van der Waals surface area contributed by atoms with Crippen LogP contribution in [0.5, 0.6) is 0 Å². The molecule has 0 spiro atoms. The molecule has 0 heterocycles. The zero-order valence-electron chi connectivity index (χ0n) is 4.12. The summed E-state index contributed by atoms with van der Waals surface area (Å²) in [5, 5.41) is 0. The Morgan fingerprint density at radius 1 is 1.44 bits per heavy atom. The molecule has 0 aromatic rings. The lowest BCUT2D eigenvalue weighted by Crippen LogP contribution is -2.19. The Labute approximate surface area is 57.7 Å². The number of alkyl halides is 4. The van der Waals surface area contributed by atoms with Crippen LogP contribution < -0.4 is 0 Å². The summed E-state index contributed by atoms with van der Waals surface area (Å²) in [4.78, 5) is -3.67. The van der Waals surface area contributed by atoms with E-state index in [1.165, 1.54) is 0 Å². The van der Waals surface area contributed by atoms with Gasteiger partial charge in [-0.1, -0.05) is 0 Å². The molecule has 0 radical (unpaired) electrons. The minimum atomic E-state index is -3.67. The van der Waals surface area contributed by atoms with Gasteiger partial charge in [0.15, 0.2) is 6.17 Å². The van der Waals surface area contributed by atoms with Gasteiger partial charge < -0.3 is 0 Å². The molecule has 0 fully saturated rings. The van der Waals surface area contributed by atoms with E-state index < -0.39 is 11.0 Å². The summed E-state index contributed by atoms with van der Waals surface area (Å²) in [5.74, 6) is 0. The van der Waals surface area contributed by atoms with Gasteiger partial charge in [-0.05, 0) is 22.0 Å². The second kappa shape index (κ2) is 3.20. The second-order valence-corrected chi connectivity index (χ2v) is 2.32. The average Bonchev–Trinajstić information content (AvgIpc) is 1.64. The highest BCUT2D eigenvalue weighted by Gasteiger charge is 2.34. The van der Waals surface area contributed by atoms with Crippen molar-refractivity contribution in [1.29, 1.82) is 0 Å². The van der Waals surface area contributed by atoms with Gasteiger partial charge in [-0.15, -0.1) is 0 Å². The standard InChI is InChI=1S/C4H3BrF4/c5-4(8,9)3(7)1-2-6/h1-3H. The van der Waals surface area contributed by atoms with Crippen molar-refractivity contribution in [1.82, 2.24) is 0 Å². The summed E-state index contributed by atoms with van der Waals surface area (Å²) in [5.41, 5.74) is 0. The van der Waals surface area contributed by atoms with Crippen LogP contribution in [0.4, 0.5) is 17.6 Å². The molecule has 0 aliphatic carbocycles. The number of halogens is 5. The quantitative estimate of drug-likeness (QED) is 0.482. The Morgan fingerprint density at radius 3 is 2.00 bits per heavy atom. The number of hydrogen-bond acceptors (Lipinski definition) is 0. The smallest absolute Gasteiger partial charge is 0.235 e. The van der Waals surface area contributed by atoms with Gasteiger partial charge >= 0.3 is 4.83 Å². The maximum atomic E-state index is 11.8. The van der Waals surface area contributed by atoms with Gasteiger partial charge in [-0.3, -0.25) is 0 Å². The zero-order chi connectivity index (χ0) is 7.49. The van der Waals surface area contributed by atoms with Crippen LogP contribution in [-0.2, 0) is 0 Å². The summed E-state index contributed by atoms with van der Waals surface area (Å²) >= 11 is 1.72. The molecule has 0 aliphatic rings. The van der Waals surface area contributed by atoms with E-state index >= 15 is 0 Å². The van der Waals surface area contributed by atoms with Crippen molar-refractivity contribution in [2.45, 2.75) is 11.0 Å². The van der Waals surface area contributed by atoms with Crippen molar-refractivity contribution in [2.24, 2.45) is 0 Å². The van der Waals surface area contributed by atoms with Crippen LogP contribution in [0.1, 0.15) is 0 Å². The lowest BCUT2D eigenvalue weighted by Gasteiger charge is -2.07. The zero-order valence-corrected chi connectivity index (χ0v) is 5.71. The summed E-state index contributed by atoms with van der Waals surface area (Å²) in [6, 6.07) is 0.